The average molecular weight is 471 g/mol. The van der Waals surface area contributed by atoms with E-state index in [-0.39, 0.29) is 24.7 Å². The lowest BCUT2D eigenvalue weighted by Crippen LogP contribution is -2.15. The van der Waals surface area contributed by atoms with Crippen molar-refractivity contribution in [3.63, 3.8) is 0 Å². The molecule has 3 aromatic rings. The minimum absolute atomic E-state index is 0.00613. The van der Waals surface area contributed by atoms with Crippen LogP contribution in [0.3, 0.4) is 0 Å². The van der Waals surface area contributed by atoms with Gasteiger partial charge in [0.05, 0.1) is 31.0 Å². The molecule has 0 radical (unpaired) electrons. The molecule has 2 aromatic carbocycles. The van der Waals surface area contributed by atoms with Crippen LogP contribution >= 0.6 is 0 Å². The van der Waals surface area contributed by atoms with E-state index in [2.05, 4.69) is 4.98 Å². The van der Waals surface area contributed by atoms with E-state index < -0.39 is 17.8 Å². The highest BCUT2D eigenvalue weighted by Gasteiger charge is 2.36. The number of halogens is 3. The third kappa shape index (κ3) is 6.38. The minimum Gasteiger partial charge on any atom is -0.493 e. The van der Waals surface area contributed by atoms with Gasteiger partial charge in [0.2, 0.25) is 0 Å². The van der Waals surface area contributed by atoms with E-state index in [1.165, 1.54) is 12.1 Å². The topological polar surface area (TPSA) is 88.1 Å². The van der Waals surface area contributed by atoms with Gasteiger partial charge < -0.3 is 14.4 Å². The summed E-state index contributed by atoms with van der Waals surface area (Å²) in [5.74, 6) is -0.251. The molecule has 0 saturated carbocycles. The Morgan fingerprint density at radius 2 is 1.91 bits per heavy atom. The Hall–Kier alpha value is -3.80. The number of hydrogen-bond donors (Lipinski definition) is 1. The first-order valence-corrected chi connectivity index (χ1v) is 10.7. The monoisotopic (exact) mass is 471 g/mol. The van der Waals surface area contributed by atoms with Crippen molar-refractivity contribution >= 4 is 5.97 Å². The van der Waals surface area contributed by atoms with Crippen LogP contribution in [0, 0.1) is 17.2 Å². The van der Waals surface area contributed by atoms with Gasteiger partial charge in [-0.2, -0.15) is 18.4 Å². The first-order chi connectivity index (χ1) is 16.2. The van der Waals surface area contributed by atoms with E-state index in [4.69, 9.17) is 15.1 Å². The quantitative estimate of drug-likeness (QED) is 0.380. The predicted molar refractivity (Wildman–Crippen MR) is 119 cm³/mol. The number of hydrogen-bond acceptors (Lipinski definition) is 4. The van der Waals surface area contributed by atoms with Gasteiger partial charge in [0.15, 0.2) is 0 Å². The summed E-state index contributed by atoms with van der Waals surface area (Å²) in [5, 5.41) is 17.8. The SMILES string of the molecule is C[C@H](CCCOc1ccccc1Cn1c(C(F)(F)F)cnc1-c1ccc(C#N)cc1)CC(=O)O. The number of aliphatic carboxylic acids is 1. The van der Waals surface area contributed by atoms with Crippen molar-refractivity contribution in [2.45, 2.75) is 38.9 Å². The maximum absolute atomic E-state index is 13.7. The highest BCUT2D eigenvalue weighted by Crippen LogP contribution is 2.34. The maximum atomic E-state index is 13.7. The molecule has 0 unspecified atom stereocenters. The highest BCUT2D eigenvalue weighted by molar-refractivity contribution is 5.66. The van der Waals surface area contributed by atoms with E-state index in [1.54, 1.807) is 36.4 Å². The van der Waals surface area contributed by atoms with Gasteiger partial charge in [0, 0.05) is 17.5 Å². The Morgan fingerprint density at radius 1 is 1.21 bits per heavy atom. The smallest absolute Gasteiger partial charge is 0.433 e. The van der Waals surface area contributed by atoms with Gasteiger partial charge in [0.1, 0.15) is 17.3 Å². The van der Waals surface area contributed by atoms with Crippen LogP contribution in [0.15, 0.2) is 54.7 Å². The fraction of sp³-hybridized carbons (Fsp3) is 0.320. The summed E-state index contributed by atoms with van der Waals surface area (Å²) in [5.41, 5.74) is 0.526. The molecule has 1 N–H and O–H groups in total. The molecule has 0 fully saturated rings. The van der Waals surface area contributed by atoms with E-state index in [0.717, 1.165) is 10.8 Å². The van der Waals surface area contributed by atoms with Crippen molar-refractivity contribution in [2.75, 3.05) is 6.61 Å². The molecule has 0 aliphatic rings. The van der Waals surface area contributed by atoms with Gasteiger partial charge in [-0.15, -0.1) is 0 Å². The molecule has 0 aliphatic carbocycles. The second-order valence-electron chi connectivity index (χ2n) is 8.04. The van der Waals surface area contributed by atoms with Crippen LogP contribution in [-0.2, 0) is 17.5 Å². The summed E-state index contributed by atoms with van der Waals surface area (Å²) in [6, 6.07) is 15.0. The first-order valence-electron chi connectivity index (χ1n) is 10.7. The molecule has 34 heavy (non-hydrogen) atoms. The first kappa shape index (κ1) is 24.8. The molecule has 6 nitrogen and oxygen atoms in total. The average Bonchev–Trinajstić information content (AvgIpc) is 3.21. The normalized spacial score (nSPS) is 12.2. The molecule has 0 amide bonds. The van der Waals surface area contributed by atoms with Crippen molar-refractivity contribution in [3.8, 4) is 23.2 Å². The lowest BCUT2D eigenvalue weighted by atomic mass is 10.0. The number of benzene rings is 2. The number of nitrogens with zero attached hydrogens (tertiary/aromatic N) is 3. The van der Waals surface area contributed by atoms with Gasteiger partial charge >= 0.3 is 12.1 Å². The van der Waals surface area contributed by atoms with Crippen LogP contribution in [0.4, 0.5) is 13.2 Å². The molecule has 1 atom stereocenters. The number of alkyl halides is 3. The zero-order chi connectivity index (χ0) is 24.7. The molecule has 9 heteroatoms. The van der Waals surface area contributed by atoms with Crippen LogP contribution in [-0.4, -0.2) is 27.2 Å². The van der Waals surface area contributed by atoms with Crippen LogP contribution in [0.2, 0.25) is 0 Å². The molecule has 178 valence electrons. The van der Waals surface area contributed by atoms with Gasteiger partial charge in [-0.25, -0.2) is 4.98 Å². The number of rotatable bonds is 10. The van der Waals surface area contributed by atoms with Crippen molar-refractivity contribution < 1.29 is 27.8 Å². The van der Waals surface area contributed by atoms with E-state index in [1.807, 2.05) is 13.0 Å². The van der Waals surface area contributed by atoms with Crippen molar-refractivity contribution in [3.05, 3.63) is 71.5 Å². The summed E-state index contributed by atoms with van der Waals surface area (Å²) in [4.78, 5) is 14.8. The summed E-state index contributed by atoms with van der Waals surface area (Å²) < 4.78 is 48.2. The Bertz CT molecular complexity index is 1160. The van der Waals surface area contributed by atoms with Gasteiger partial charge in [0.25, 0.3) is 0 Å². The summed E-state index contributed by atoms with van der Waals surface area (Å²) in [6.07, 6.45) is -2.43. The maximum Gasteiger partial charge on any atom is 0.433 e. The van der Waals surface area contributed by atoms with Crippen LogP contribution < -0.4 is 4.74 Å². The molecule has 1 heterocycles. The Labute approximate surface area is 195 Å². The molecule has 0 spiro atoms. The lowest BCUT2D eigenvalue weighted by molar-refractivity contribution is -0.143. The molecule has 1 aromatic heterocycles. The van der Waals surface area contributed by atoms with E-state index >= 15 is 0 Å². The van der Waals surface area contributed by atoms with Crippen molar-refractivity contribution in [2.24, 2.45) is 5.92 Å². The number of nitriles is 1. The third-order valence-corrected chi connectivity index (χ3v) is 5.34. The summed E-state index contributed by atoms with van der Waals surface area (Å²) >= 11 is 0. The Kier molecular flexibility index (Phi) is 7.95. The predicted octanol–water partition coefficient (Wildman–Crippen LogP) is 5.76. The van der Waals surface area contributed by atoms with Crippen LogP contribution in [0.5, 0.6) is 5.75 Å². The second kappa shape index (κ2) is 10.9. The van der Waals surface area contributed by atoms with E-state index in [0.29, 0.717) is 41.9 Å². The zero-order valence-corrected chi connectivity index (χ0v) is 18.5. The third-order valence-electron chi connectivity index (χ3n) is 5.34. The molecule has 0 aliphatic heterocycles. The number of aromatic nitrogens is 2. The van der Waals surface area contributed by atoms with Gasteiger partial charge in [-0.05, 0) is 49.1 Å². The second-order valence-corrected chi connectivity index (χ2v) is 8.04. The molecule has 0 saturated heterocycles. The number of para-hydroxylation sites is 1. The Balaban J connectivity index is 1.83. The van der Waals surface area contributed by atoms with E-state index in [9.17, 15) is 18.0 Å². The van der Waals surface area contributed by atoms with Crippen LogP contribution in [0.1, 0.15) is 43.0 Å². The summed E-state index contributed by atoms with van der Waals surface area (Å²) in [7, 11) is 0. The van der Waals surface area contributed by atoms with Crippen molar-refractivity contribution in [1.82, 2.24) is 9.55 Å². The van der Waals surface area contributed by atoms with Gasteiger partial charge in [-0.1, -0.05) is 25.1 Å². The number of ether oxygens (including phenoxy) is 1. The van der Waals surface area contributed by atoms with Gasteiger partial charge in [-0.3, -0.25) is 4.79 Å². The number of imidazole rings is 1. The standard InChI is InChI=1S/C25H24F3N3O3/c1-17(13-23(32)33)5-4-12-34-21-7-3-2-6-20(21)16-31-22(25(26,27)28)15-30-24(31)19-10-8-18(14-29)9-11-19/h2-3,6-11,15,17H,4-5,12-13,16H2,1H3,(H,32,33)/t17-/m1/s1. The number of carboxylic acid groups (broad SMARTS) is 1. The number of carbonyl (C=O) groups is 1. The Morgan fingerprint density at radius 3 is 2.56 bits per heavy atom. The largest absolute Gasteiger partial charge is 0.493 e. The fourth-order valence-electron chi connectivity index (χ4n) is 3.65. The summed E-state index contributed by atoms with van der Waals surface area (Å²) in [6.45, 7) is 2.06. The lowest BCUT2D eigenvalue weighted by Gasteiger charge is -2.17. The minimum atomic E-state index is -4.60. The van der Waals surface area contributed by atoms with Crippen molar-refractivity contribution in [1.29, 1.82) is 5.26 Å². The van der Waals surface area contributed by atoms with Crippen LogP contribution in [0.25, 0.3) is 11.4 Å². The molecule has 3 rings (SSSR count). The fourth-order valence-corrected chi connectivity index (χ4v) is 3.65. The molecular formula is C25H24F3N3O3. The molecular weight excluding hydrogens is 447 g/mol. The zero-order valence-electron chi connectivity index (χ0n) is 18.5. The highest BCUT2D eigenvalue weighted by atomic mass is 19.4. The molecule has 0 bridgehead atoms. The number of carboxylic acids is 1.